The van der Waals surface area contributed by atoms with Crippen LogP contribution in [0.4, 0.5) is 4.39 Å². The van der Waals surface area contributed by atoms with Gasteiger partial charge in [-0.2, -0.15) is 0 Å². The smallest absolute Gasteiger partial charge is 0.251 e. The molecule has 0 aliphatic carbocycles. The van der Waals surface area contributed by atoms with E-state index in [1.807, 2.05) is 6.92 Å². The fourth-order valence-corrected chi connectivity index (χ4v) is 1.97. The summed E-state index contributed by atoms with van der Waals surface area (Å²) in [7, 11) is 0. The zero-order valence-electron chi connectivity index (χ0n) is 12.4. The lowest BCUT2D eigenvalue weighted by Crippen LogP contribution is -2.26. The van der Waals surface area contributed by atoms with E-state index in [2.05, 4.69) is 11.9 Å². The van der Waals surface area contributed by atoms with Gasteiger partial charge >= 0.3 is 0 Å². The van der Waals surface area contributed by atoms with Crippen LogP contribution in [0, 0.1) is 5.82 Å². The van der Waals surface area contributed by atoms with E-state index in [-0.39, 0.29) is 17.8 Å². The van der Waals surface area contributed by atoms with Crippen LogP contribution in [-0.4, -0.2) is 12.5 Å². The molecule has 0 heterocycles. The predicted octanol–water partition coefficient (Wildman–Crippen LogP) is 3.88. The monoisotopic (exact) mass is 299 g/mol. The van der Waals surface area contributed by atoms with E-state index in [9.17, 15) is 9.18 Å². The molecular formula is C18H18FNO2. The van der Waals surface area contributed by atoms with Crippen LogP contribution in [0.1, 0.15) is 28.9 Å². The van der Waals surface area contributed by atoms with Gasteiger partial charge in [0.15, 0.2) is 0 Å². The van der Waals surface area contributed by atoms with Crippen molar-refractivity contribution in [3.05, 3.63) is 78.1 Å². The van der Waals surface area contributed by atoms with Gasteiger partial charge in [0.1, 0.15) is 18.2 Å². The minimum absolute atomic E-state index is 0.188. The Kier molecular flexibility index (Phi) is 5.31. The molecule has 3 nitrogen and oxygen atoms in total. The van der Waals surface area contributed by atoms with Gasteiger partial charge in [-0.3, -0.25) is 4.79 Å². The lowest BCUT2D eigenvalue weighted by Gasteiger charge is -2.14. The molecule has 22 heavy (non-hydrogen) atoms. The number of rotatable bonds is 6. The highest BCUT2D eigenvalue weighted by Gasteiger charge is 2.11. The summed E-state index contributed by atoms with van der Waals surface area (Å²) in [5.41, 5.74) is 1.39. The molecule has 0 fully saturated rings. The molecule has 4 heteroatoms. The van der Waals surface area contributed by atoms with E-state index < -0.39 is 0 Å². The molecule has 0 aromatic heterocycles. The summed E-state index contributed by atoms with van der Waals surface area (Å²) in [6.45, 7) is 5.85. The first-order chi connectivity index (χ1) is 10.6. The molecule has 2 rings (SSSR count). The highest BCUT2D eigenvalue weighted by atomic mass is 19.1. The van der Waals surface area contributed by atoms with E-state index in [0.29, 0.717) is 17.9 Å². The Morgan fingerprint density at radius 3 is 2.45 bits per heavy atom. The average Bonchev–Trinajstić information content (AvgIpc) is 2.54. The number of amides is 1. The predicted molar refractivity (Wildman–Crippen MR) is 84.4 cm³/mol. The fraction of sp³-hybridized carbons (Fsp3) is 0.167. The van der Waals surface area contributed by atoms with Crippen LogP contribution in [0.25, 0.3) is 0 Å². The Morgan fingerprint density at radius 1 is 1.23 bits per heavy atom. The Morgan fingerprint density at radius 2 is 1.86 bits per heavy atom. The van der Waals surface area contributed by atoms with Crippen LogP contribution in [0.3, 0.4) is 0 Å². The van der Waals surface area contributed by atoms with Gasteiger partial charge in [-0.05, 0) is 48.9 Å². The van der Waals surface area contributed by atoms with Crippen LogP contribution in [0.5, 0.6) is 5.75 Å². The highest BCUT2D eigenvalue weighted by Crippen LogP contribution is 2.16. The molecule has 1 N–H and O–H groups in total. The second kappa shape index (κ2) is 7.41. The number of hydrogen-bond donors (Lipinski definition) is 1. The maximum atomic E-state index is 12.9. The van der Waals surface area contributed by atoms with Crippen molar-refractivity contribution in [2.75, 3.05) is 6.61 Å². The molecule has 0 radical (unpaired) electrons. The van der Waals surface area contributed by atoms with E-state index in [1.165, 1.54) is 12.1 Å². The molecule has 0 spiro atoms. The van der Waals surface area contributed by atoms with Crippen LogP contribution in [0.2, 0.25) is 0 Å². The number of benzene rings is 2. The van der Waals surface area contributed by atoms with Gasteiger partial charge in [-0.1, -0.05) is 24.8 Å². The molecule has 2 aromatic carbocycles. The van der Waals surface area contributed by atoms with Crippen molar-refractivity contribution in [2.45, 2.75) is 13.0 Å². The number of halogens is 1. The van der Waals surface area contributed by atoms with Crippen molar-refractivity contribution in [3.8, 4) is 5.75 Å². The van der Waals surface area contributed by atoms with Crippen LogP contribution in [0.15, 0.2) is 61.2 Å². The van der Waals surface area contributed by atoms with E-state index in [4.69, 9.17) is 4.74 Å². The van der Waals surface area contributed by atoms with Gasteiger partial charge in [-0.15, -0.1) is 0 Å². The van der Waals surface area contributed by atoms with Crippen molar-refractivity contribution in [1.29, 1.82) is 0 Å². The zero-order valence-corrected chi connectivity index (χ0v) is 12.4. The summed E-state index contributed by atoms with van der Waals surface area (Å²) in [5.74, 6) is 0.201. The molecule has 2 aromatic rings. The number of ether oxygens (including phenoxy) is 1. The standard InChI is InChI=1S/C18H18FNO2/c1-3-12-22-17-10-6-15(7-11-17)18(21)20-13(2)14-4-8-16(19)9-5-14/h3-11,13H,1,12H2,2H3,(H,20,21). The summed E-state index contributed by atoms with van der Waals surface area (Å²) >= 11 is 0. The number of carbonyl (C=O) groups excluding carboxylic acids is 1. The maximum absolute atomic E-state index is 12.9. The van der Waals surface area contributed by atoms with Gasteiger partial charge in [0, 0.05) is 5.56 Å². The third-order valence-electron chi connectivity index (χ3n) is 3.20. The van der Waals surface area contributed by atoms with Gasteiger partial charge in [-0.25, -0.2) is 4.39 Å². The molecule has 114 valence electrons. The average molecular weight is 299 g/mol. The van der Waals surface area contributed by atoms with E-state index in [1.54, 1.807) is 42.5 Å². The molecule has 1 unspecified atom stereocenters. The number of carbonyl (C=O) groups is 1. The molecule has 1 amide bonds. The third kappa shape index (κ3) is 4.19. The first kappa shape index (κ1) is 15.8. The maximum Gasteiger partial charge on any atom is 0.251 e. The molecule has 0 aliphatic heterocycles. The summed E-state index contributed by atoms with van der Waals surface area (Å²) in [6.07, 6.45) is 1.66. The van der Waals surface area contributed by atoms with Gasteiger partial charge in [0.05, 0.1) is 6.04 Å². The Bertz CT molecular complexity index is 635. The van der Waals surface area contributed by atoms with E-state index in [0.717, 1.165) is 5.56 Å². The van der Waals surface area contributed by atoms with Gasteiger partial charge in [0.2, 0.25) is 0 Å². The Balaban J connectivity index is 1.99. The summed E-state index contributed by atoms with van der Waals surface area (Å²) in [5, 5.41) is 2.88. The van der Waals surface area contributed by atoms with Gasteiger partial charge in [0.25, 0.3) is 5.91 Å². The summed E-state index contributed by atoms with van der Waals surface area (Å²) in [4.78, 5) is 12.2. The van der Waals surface area contributed by atoms with Crippen LogP contribution in [-0.2, 0) is 0 Å². The van der Waals surface area contributed by atoms with Crippen molar-refractivity contribution in [3.63, 3.8) is 0 Å². The van der Waals surface area contributed by atoms with Crippen molar-refractivity contribution in [1.82, 2.24) is 5.32 Å². The largest absolute Gasteiger partial charge is 0.490 e. The quantitative estimate of drug-likeness (QED) is 0.822. The topological polar surface area (TPSA) is 38.3 Å². The fourth-order valence-electron chi connectivity index (χ4n) is 1.97. The minimum Gasteiger partial charge on any atom is -0.490 e. The van der Waals surface area contributed by atoms with Crippen molar-refractivity contribution >= 4 is 5.91 Å². The molecule has 0 saturated heterocycles. The van der Waals surface area contributed by atoms with Gasteiger partial charge < -0.3 is 10.1 Å². The third-order valence-corrected chi connectivity index (χ3v) is 3.20. The second-order valence-corrected chi connectivity index (χ2v) is 4.87. The van der Waals surface area contributed by atoms with Crippen LogP contribution >= 0.6 is 0 Å². The molecule has 0 bridgehead atoms. The minimum atomic E-state index is -0.294. The lowest BCUT2D eigenvalue weighted by molar-refractivity contribution is 0.0940. The Hall–Kier alpha value is -2.62. The van der Waals surface area contributed by atoms with Crippen molar-refractivity contribution < 1.29 is 13.9 Å². The number of hydrogen-bond acceptors (Lipinski definition) is 2. The number of nitrogens with one attached hydrogen (secondary N) is 1. The summed E-state index contributed by atoms with van der Waals surface area (Å²) < 4.78 is 18.3. The first-order valence-electron chi connectivity index (χ1n) is 7.00. The Labute approximate surface area is 129 Å². The summed E-state index contributed by atoms with van der Waals surface area (Å²) in [6, 6.07) is 12.7. The molecule has 0 saturated carbocycles. The van der Waals surface area contributed by atoms with Crippen LogP contribution < -0.4 is 10.1 Å². The zero-order chi connectivity index (χ0) is 15.9. The second-order valence-electron chi connectivity index (χ2n) is 4.87. The van der Waals surface area contributed by atoms with E-state index >= 15 is 0 Å². The van der Waals surface area contributed by atoms with Crippen molar-refractivity contribution in [2.24, 2.45) is 0 Å². The SMILES string of the molecule is C=CCOc1ccc(C(=O)NC(C)c2ccc(F)cc2)cc1. The normalized spacial score (nSPS) is 11.5. The molecule has 1 atom stereocenters. The highest BCUT2D eigenvalue weighted by molar-refractivity contribution is 5.94. The lowest BCUT2D eigenvalue weighted by atomic mass is 10.1. The first-order valence-corrected chi connectivity index (χ1v) is 7.00. The molecule has 0 aliphatic rings. The molecular weight excluding hydrogens is 281 g/mol.